The molecule has 0 spiro atoms. The Morgan fingerprint density at radius 1 is 1.17 bits per heavy atom. The van der Waals surface area contributed by atoms with Gasteiger partial charge in [-0.1, -0.05) is 17.7 Å². The molecular formula is C17H25ClN2O2S2. The first-order valence-electron chi connectivity index (χ1n) is 8.61. The van der Waals surface area contributed by atoms with Crippen LogP contribution in [0.15, 0.2) is 29.2 Å². The van der Waals surface area contributed by atoms with Crippen LogP contribution in [0.4, 0.5) is 0 Å². The van der Waals surface area contributed by atoms with Crippen molar-refractivity contribution in [3.05, 3.63) is 29.3 Å². The first-order valence-corrected chi connectivity index (χ1v) is 11.6. The van der Waals surface area contributed by atoms with Crippen LogP contribution < -0.4 is 4.72 Å². The van der Waals surface area contributed by atoms with E-state index in [9.17, 15) is 8.42 Å². The summed E-state index contributed by atoms with van der Waals surface area (Å²) in [5.41, 5.74) is 0. The molecule has 4 nitrogen and oxygen atoms in total. The summed E-state index contributed by atoms with van der Waals surface area (Å²) in [5, 5.41) is 0.442. The van der Waals surface area contributed by atoms with Crippen molar-refractivity contribution in [2.75, 3.05) is 31.1 Å². The fraction of sp³-hybridized carbons (Fsp3) is 0.647. The molecule has 0 atom stereocenters. The predicted octanol–water partition coefficient (Wildman–Crippen LogP) is 3.23. The van der Waals surface area contributed by atoms with E-state index >= 15 is 0 Å². The zero-order chi connectivity index (χ0) is 17.0. The Morgan fingerprint density at radius 2 is 1.88 bits per heavy atom. The molecule has 2 saturated heterocycles. The van der Waals surface area contributed by atoms with Crippen molar-refractivity contribution in [2.24, 2.45) is 5.92 Å². The molecule has 0 saturated carbocycles. The highest BCUT2D eigenvalue weighted by Crippen LogP contribution is 2.26. The first kappa shape index (κ1) is 18.5. The third kappa shape index (κ3) is 4.88. The lowest BCUT2D eigenvalue weighted by Gasteiger charge is -2.39. The second-order valence-corrected chi connectivity index (χ2v) is 10.1. The molecule has 1 N–H and O–H groups in total. The lowest BCUT2D eigenvalue weighted by molar-refractivity contribution is 0.127. The lowest BCUT2D eigenvalue weighted by Crippen LogP contribution is -2.44. The van der Waals surface area contributed by atoms with Crippen molar-refractivity contribution in [1.29, 1.82) is 0 Å². The van der Waals surface area contributed by atoms with Crippen LogP contribution >= 0.6 is 23.4 Å². The molecule has 0 aromatic heterocycles. The van der Waals surface area contributed by atoms with Crippen LogP contribution in [-0.4, -0.2) is 50.5 Å². The molecule has 134 valence electrons. The molecule has 0 amide bonds. The van der Waals surface area contributed by atoms with Gasteiger partial charge in [-0.05, 0) is 74.4 Å². The summed E-state index contributed by atoms with van der Waals surface area (Å²) < 4.78 is 27.5. The third-order valence-corrected chi connectivity index (χ3v) is 7.73. The summed E-state index contributed by atoms with van der Waals surface area (Å²) in [6.07, 6.45) is 4.75. The van der Waals surface area contributed by atoms with Crippen LogP contribution in [0, 0.1) is 5.92 Å². The maximum Gasteiger partial charge on any atom is 0.240 e. The maximum atomic E-state index is 12.4. The average Bonchev–Trinajstić information content (AvgIpc) is 2.61. The second kappa shape index (κ2) is 8.41. The van der Waals surface area contributed by atoms with Gasteiger partial charge in [0.25, 0.3) is 0 Å². The van der Waals surface area contributed by atoms with Gasteiger partial charge in [0.1, 0.15) is 0 Å². The zero-order valence-corrected chi connectivity index (χ0v) is 16.2. The van der Waals surface area contributed by atoms with Crippen LogP contribution in [0.3, 0.4) is 0 Å². The summed E-state index contributed by atoms with van der Waals surface area (Å²) in [6.45, 7) is 2.71. The Hall–Kier alpha value is -0.270. The van der Waals surface area contributed by atoms with E-state index in [0.717, 1.165) is 32.0 Å². The smallest absolute Gasteiger partial charge is 0.240 e. The third-order valence-electron chi connectivity index (χ3n) is 5.02. The van der Waals surface area contributed by atoms with E-state index in [1.54, 1.807) is 18.2 Å². The average molecular weight is 389 g/mol. The number of piperidine rings is 1. The zero-order valence-electron chi connectivity index (χ0n) is 13.8. The van der Waals surface area contributed by atoms with E-state index in [0.29, 0.717) is 17.5 Å². The van der Waals surface area contributed by atoms with Crippen molar-refractivity contribution in [1.82, 2.24) is 9.62 Å². The highest BCUT2D eigenvalue weighted by molar-refractivity contribution is 7.99. The van der Waals surface area contributed by atoms with E-state index < -0.39 is 10.0 Å². The van der Waals surface area contributed by atoms with Gasteiger partial charge in [0, 0.05) is 17.6 Å². The minimum atomic E-state index is -3.47. The maximum absolute atomic E-state index is 12.4. The van der Waals surface area contributed by atoms with Crippen molar-refractivity contribution in [3.63, 3.8) is 0 Å². The number of benzene rings is 1. The molecule has 0 radical (unpaired) electrons. The van der Waals surface area contributed by atoms with Gasteiger partial charge in [-0.2, -0.15) is 11.8 Å². The minimum absolute atomic E-state index is 0.243. The van der Waals surface area contributed by atoms with Gasteiger partial charge in [0.15, 0.2) is 0 Å². The molecule has 7 heteroatoms. The molecule has 0 unspecified atom stereocenters. The largest absolute Gasteiger partial charge is 0.300 e. The number of sulfonamides is 1. The molecule has 2 aliphatic heterocycles. The first-order chi connectivity index (χ1) is 11.5. The van der Waals surface area contributed by atoms with Gasteiger partial charge in [0.05, 0.1) is 4.90 Å². The summed E-state index contributed by atoms with van der Waals surface area (Å²) >= 11 is 7.95. The van der Waals surface area contributed by atoms with Crippen LogP contribution in [0.1, 0.15) is 25.7 Å². The van der Waals surface area contributed by atoms with Gasteiger partial charge in [0.2, 0.25) is 10.0 Å². The molecule has 3 rings (SSSR count). The van der Waals surface area contributed by atoms with Crippen molar-refractivity contribution >= 4 is 33.4 Å². The van der Waals surface area contributed by atoms with Gasteiger partial charge in [-0.25, -0.2) is 13.1 Å². The van der Waals surface area contributed by atoms with Gasteiger partial charge in [-0.3, -0.25) is 0 Å². The van der Waals surface area contributed by atoms with Crippen molar-refractivity contribution < 1.29 is 8.42 Å². The van der Waals surface area contributed by atoms with E-state index in [1.165, 1.54) is 30.4 Å². The van der Waals surface area contributed by atoms with Crippen LogP contribution in [0.25, 0.3) is 0 Å². The Labute approximate surface area is 154 Å². The number of nitrogens with zero attached hydrogens (tertiary/aromatic N) is 1. The molecule has 2 fully saturated rings. The summed E-state index contributed by atoms with van der Waals surface area (Å²) in [7, 11) is -3.47. The fourth-order valence-electron chi connectivity index (χ4n) is 3.52. The van der Waals surface area contributed by atoms with E-state index in [4.69, 9.17) is 11.6 Å². The topological polar surface area (TPSA) is 49.4 Å². The molecule has 0 aliphatic carbocycles. The lowest BCUT2D eigenvalue weighted by atomic mass is 9.95. The molecule has 0 bridgehead atoms. The molecular weight excluding hydrogens is 364 g/mol. The Bertz CT molecular complexity index is 640. The van der Waals surface area contributed by atoms with Crippen LogP contribution in [-0.2, 0) is 10.0 Å². The Balaban J connectivity index is 1.48. The number of hydrogen-bond acceptors (Lipinski definition) is 4. The highest BCUT2D eigenvalue weighted by atomic mass is 35.5. The molecule has 24 heavy (non-hydrogen) atoms. The molecule has 1 aromatic rings. The SMILES string of the molecule is O=S(=O)(NCC1CCN(C2CCSCC2)CC1)c1cccc(Cl)c1. The normalized spacial score (nSPS) is 21.9. The van der Waals surface area contributed by atoms with E-state index in [2.05, 4.69) is 21.4 Å². The van der Waals surface area contributed by atoms with E-state index in [-0.39, 0.29) is 4.90 Å². The number of rotatable bonds is 5. The molecule has 2 heterocycles. The van der Waals surface area contributed by atoms with Crippen LogP contribution in [0.2, 0.25) is 5.02 Å². The number of hydrogen-bond donors (Lipinski definition) is 1. The van der Waals surface area contributed by atoms with Gasteiger partial charge >= 0.3 is 0 Å². The minimum Gasteiger partial charge on any atom is -0.300 e. The molecule has 2 aliphatic rings. The number of thioether (sulfide) groups is 1. The fourth-order valence-corrected chi connectivity index (χ4v) is 6.02. The second-order valence-electron chi connectivity index (χ2n) is 6.63. The highest BCUT2D eigenvalue weighted by Gasteiger charge is 2.27. The standard InChI is InChI=1S/C17H25ClN2O2S2/c18-15-2-1-3-17(12-15)24(21,22)19-13-14-4-8-20(9-5-14)16-6-10-23-11-7-16/h1-3,12,14,16,19H,4-11,13H2. The monoisotopic (exact) mass is 388 g/mol. The number of nitrogens with one attached hydrogen (secondary N) is 1. The predicted molar refractivity (Wildman–Crippen MR) is 101 cm³/mol. The van der Waals surface area contributed by atoms with Gasteiger partial charge < -0.3 is 4.90 Å². The summed E-state index contributed by atoms with van der Waals surface area (Å²) in [5.74, 6) is 2.99. The number of likely N-dealkylation sites (tertiary alicyclic amines) is 1. The number of halogens is 1. The van der Waals surface area contributed by atoms with Crippen molar-refractivity contribution in [2.45, 2.75) is 36.6 Å². The Morgan fingerprint density at radius 3 is 2.54 bits per heavy atom. The van der Waals surface area contributed by atoms with E-state index in [1.807, 2.05) is 0 Å². The van der Waals surface area contributed by atoms with Crippen molar-refractivity contribution in [3.8, 4) is 0 Å². The van der Waals surface area contributed by atoms with Crippen LogP contribution in [0.5, 0.6) is 0 Å². The van der Waals surface area contributed by atoms with Gasteiger partial charge in [-0.15, -0.1) is 0 Å². The summed E-state index contributed by atoms with van der Waals surface area (Å²) in [6, 6.07) is 7.17. The Kier molecular flexibility index (Phi) is 6.49. The summed E-state index contributed by atoms with van der Waals surface area (Å²) in [4.78, 5) is 2.86. The quantitative estimate of drug-likeness (QED) is 0.841. The molecule has 1 aromatic carbocycles.